The van der Waals surface area contributed by atoms with Crippen LogP contribution < -0.4 is 5.32 Å². The van der Waals surface area contributed by atoms with Crippen molar-refractivity contribution in [2.75, 3.05) is 5.32 Å². The zero-order chi connectivity index (χ0) is 23.6. The topological polar surface area (TPSA) is 83.5 Å². The van der Waals surface area contributed by atoms with Crippen LogP contribution in [0.3, 0.4) is 0 Å². The molecule has 0 aliphatic heterocycles. The number of anilines is 1. The Hall–Kier alpha value is -2.10. The van der Waals surface area contributed by atoms with Gasteiger partial charge in [0.2, 0.25) is 0 Å². The van der Waals surface area contributed by atoms with E-state index in [-0.39, 0.29) is 51.8 Å². The number of aliphatic hydroxyl groups is 1. The number of rotatable bonds is 4. The molecule has 3 aliphatic rings. The van der Waals surface area contributed by atoms with E-state index in [0.29, 0.717) is 12.1 Å². The summed E-state index contributed by atoms with van der Waals surface area (Å²) in [6.07, 6.45) is 0.571. The highest BCUT2D eigenvalue weighted by Crippen LogP contribution is 2.59. The van der Waals surface area contributed by atoms with Gasteiger partial charge in [0.15, 0.2) is 27.3 Å². The smallest absolute Gasteiger partial charge is 0.255 e. The molecule has 0 radical (unpaired) electrons. The van der Waals surface area contributed by atoms with Gasteiger partial charge < -0.3 is 10.4 Å². The number of fused-ring (bicyclic) bond motifs is 2. The number of hydrogen-bond acceptors (Lipinski definition) is 4. The Morgan fingerprint density at radius 1 is 1.12 bits per heavy atom. The fourth-order valence-corrected chi connectivity index (χ4v) is 7.55. The van der Waals surface area contributed by atoms with Crippen LogP contribution in [0.25, 0.3) is 0 Å². The maximum Gasteiger partial charge on any atom is 0.255 e. The van der Waals surface area contributed by atoms with Crippen molar-refractivity contribution in [1.82, 2.24) is 0 Å². The van der Waals surface area contributed by atoms with Crippen molar-refractivity contribution >= 4 is 33.0 Å². The third kappa shape index (κ3) is 3.60. The van der Waals surface area contributed by atoms with Gasteiger partial charge in [-0.2, -0.15) is 0 Å². The zero-order valence-corrected chi connectivity index (χ0v) is 18.8. The van der Waals surface area contributed by atoms with E-state index in [0.717, 1.165) is 6.07 Å². The van der Waals surface area contributed by atoms with Gasteiger partial charge in [-0.3, -0.25) is 4.79 Å². The second kappa shape index (κ2) is 7.74. The van der Waals surface area contributed by atoms with Crippen LogP contribution in [-0.4, -0.2) is 30.3 Å². The van der Waals surface area contributed by atoms with Crippen molar-refractivity contribution in [2.24, 2.45) is 17.8 Å². The van der Waals surface area contributed by atoms with E-state index < -0.39 is 44.0 Å². The average molecular weight is 488 g/mol. The van der Waals surface area contributed by atoms with E-state index in [4.69, 9.17) is 11.6 Å². The lowest BCUT2D eigenvalue weighted by molar-refractivity contribution is -0.204. The number of sulfone groups is 1. The first-order chi connectivity index (χ1) is 14.8. The molecule has 5 nitrogen and oxygen atoms in total. The molecule has 0 heterocycles. The molecule has 2 unspecified atom stereocenters. The largest absolute Gasteiger partial charge is 0.390 e. The molecule has 3 aliphatic carbocycles. The molecular weight excluding hydrogens is 467 g/mol. The van der Waals surface area contributed by atoms with Crippen LogP contribution in [-0.2, 0) is 9.84 Å². The minimum atomic E-state index is -3.91. The summed E-state index contributed by atoms with van der Waals surface area (Å²) in [5.74, 6) is -5.51. The number of carbonyl (C=O) groups is 1. The van der Waals surface area contributed by atoms with E-state index >= 15 is 0 Å². The molecule has 5 rings (SSSR count). The summed E-state index contributed by atoms with van der Waals surface area (Å²) in [5, 5.41) is 12.0. The summed E-state index contributed by atoms with van der Waals surface area (Å²) < 4.78 is 66.6. The van der Waals surface area contributed by atoms with Crippen LogP contribution in [0.2, 0.25) is 5.02 Å². The minimum absolute atomic E-state index is 0.0560. The number of halogens is 4. The molecule has 2 N–H and O–H groups in total. The van der Waals surface area contributed by atoms with E-state index in [9.17, 15) is 31.5 Å². The zero-order valence-electron chi connectivity index (χ0n) is 17.2. The highest BCUT2D eigenvalue weighted by molar-refractivity contribution is 7.92. The molecular formula is C22H21ClF3NO4S. The Balaban J connectivity index is 1.60. The quantitative estimate of drug-likeness (QED) is 0.618. The Morgan fingerprint density at radius 3 is 2.22 bits per heavy atom. The molecule has 2 aromatic rings. The Morgan fingerprint density at radius 2 is 1.69 bits per heavy atom. The third-order valence-corrected chi connectivity index (χ3v) is 9.64. The predicted molar refractivity (Wildman–Crippen MR) is 113 cm³/mol. The monoisotopic (exact) mass is 487 g/mol. The molecule has 172 valence electrons. The van der Waals surface area contributed by atoms with Crippen molar-refractivity contribution in [1.29, 1.82) is 0 Å². The second-order valence-electron chi connectivity index (χ2n) is 8.79. The predicted octanol–water partition coefficient (Wildman–Crippen LogP) is 4.58. The first-order valence-corrected chi connectivity index (χ1v) is 12.0. The lowest BCUT2D eigenvalue weighted by Gasteiger charge is -2.61. The van der Waals surface area contributed by atoms with Gasteiger partial charge in [0, 0.05) is 23.4 Å². The van der Waals surface area contributed by atoms with Crippen LogP contribution >= 0.6 is 11.6 Å². The van der Waals surface area contributed by atoms with Gasteiger partial charge in [0.05, 0.1) is 20.8 Å². The van der Waals surface area contributed by atoms with Crippen molar-refractivity contribution in [3.8, 4) is 0 Å². The average Bonchev–Trinajstić information content (AvgIpc) is 2.72. The minimum Gasteiger partial charge on any atom is -0.390 e. The van der Waals surface area contributed by atoms with Gasteiger partial charge in [-0.1, -0.05) is 18.5 Å². The molecule has 5 atom stereocenters. The molecule has 0 aromatic heterocycles. The van der Waals surface area contributed by atoms with Gasteiger partial charge in [-0.25, -0.2) is 21.6 Å². The Kier molecular flexibility index (Phi) is 5.58. The molecule has 3 fully saturated rings. The molecule has 10 heteroatoms. The van der Waals surface area contributed by atoms with Crippen LogP contribution in [0, 0.1) is 35.2 Å². The number of amides is 1. The van der Waals surface area contributed by atoms with Crippen molar-refractivity contribution in [2.45, 2.75) is 42.4 Å². The number of hydrogen-bond donors (Lipinski definition) is 2. The molecule has 2 aromatic carbocycles. The molecule has 2 bridgehead atoms. The van der Waals surface area contributed by atoms with Crippen molar-refractivity contribution in [3.63, 3.8) is 0 Å². The molecule has 3 saturated carbocycles. The molecule has 32 heavy (non-hydrogen) atoms. The maximum absolute atomic E-state index is 13.4. The first-order valence-electron chi connectivity index (χ1n) is 10.1. The molecule has 1 amide bonds. The summed E-state index contributed by atoms with van der Waals surface area (Å²) in [5.41, 5.74) is -1.31. The number of nitrogens with one attached hydrogen (secondary N) is 1. The van der Waals surface area contributed by atoms with Crippen molar-refractivity contribution in [3.05, 3.63) is 58.4 Å². The van der Waals surface area contributed by atoms with E-state index in [1.165, 1.54) is 12.1 Å². The fraction of sp³-hybridized carbons (Fsp3) is 0.409. The highest BCUT2D eigenvalue weighted by Gasteiger charge is 2.61. The van der Waals surface area contributed by atoms with Gasteiger partial charge in [-0.05, 0) is 55.7 Å². The third-order valence-electron chi connectivity index (χ3n) is 6.98. The van der Waals surface area contributed by atoms with Crippen LogP contribution in [0.4, 0.5) is 18.9 Å². The summed E-state index contributed by atoms with van der Waals surface area (Å²) in [6.45, 7) is 3.72. The van der Waals surface area contributed by atoms with E-state index in [2.05, 4.69) is 5.32 Å². The van der Waals surface area contributed by atoms with Crippen LogP contribution in [0.15, 0.2) is 35.2 Å². The Bertz CT molecular complexity index is 1180. The summed E-state index contributed by atoms with van der Waals surface area (Å²) >= 11 is 6.16. The first kappa shape index (κ1) is 23.1. The lowest BCUT2D eigenvalue weighted by atomic mass is 9.48. The maximum atomic E-state index is 13.4. The lowest BCUT2D eigenvalue weighted by Crippen LogP contribution is -2.65. The number of carbonyl (C=O) groups excluding carboxylic acids is 1. The molecule has 0 spiro atoms. The van der Waals surface area contributed by atoms with Crippen LogP contribution in [0.5, 0.6) is 0 Å². The van der Waals surface area contributed by atoms with Crippen molar-refractivity contribution < 1.29 is 31.5 Å². The van der Waals surface area contributed by atoms with Gasteiger partial charge in [0.1, 0.15) is 0 Å². The van der Waals surface area contributed by atoms with Gasteiger partial charge in [0.25, 0.3) is 5.91 Å². The molecule has 0 saturated heterocycles. The summed E-state index contributed by atoms with van der Waals surface area (Å²) in [4.78, 5) is 12.3. The SMILES string of the molecule is C[C@@H]1C2CC(S(=O)(=O)c3cc(C(=O)Nc4cc(F)c(F)c(F)c4)ccc3Cl)C[C@H]1[C@]2(C)O. The fourth-order valence-electron chi connectivity index (χ4n) is 5.20. The van der Waals surface area contributed by atoms with Crippen LogP contribution in [0.1, 0.15) is 37.0 Å². The van der Waals surface area contributed by atoms with Gasteiger partial charge in [-0.15, -0.1) is 0 Å². The van der Waals surface area contributed by atoms with Gasteiger partial charge >= 0.3 is 0 Å². The van der Waals surface area contributed by atoms with E-state index in [1.54, 1.807) is 6.92 Å². The van der Waals surface area contributed by atoms with E-state index in [1.807, 2.05) is 6.92 Å². The number of benzene rings is 2. The standard InChI is InChI=1S/C22H21ClF3NO4S/c1-10-14-8-13(9-15(10)22(14,2)29)32(30,31)19-5-11(3-4-16(19)23)21(28)27-12-6-17(24)20(26)18(25)7-12/h3-7,10,13-15,29H,8-9H2,1-2H3,(H,27,28)/t10-,13?,14+,15?,22-/m0/s1. The summed E-state index contributed by atoms with van der Waals surface area (Å²) in [7, 11) is -3.91. The Labute approximate surface area is 188 Å². The summed E-state index contributed by atoms with van der Waals surface area (Å²) in [6, 6.07) is 4.89. The normalized spacial score (nSPS) is 29.3. The second-order valence-corrected chi connectivity index (χ2v) is 11.4. The highest BCUT2D eigenvalue weighted by atomic mass is 35.5.